The largest absolute Gasteiger partial charge is 0.493 e. The van der Waals surface area contributed by atoms with Gasteiger partial charge in [-0.15, -0.1) is 0 Å². The quantitative estimate of drug-likeness (QED) is 0.430. The summed E-state index contributed by atoms with van der Waals surface area (Å²) in [5.41, 5.74) is 1.29. The number of carbonyl (C=O) groups is 2. The summed E-state index contributed by atoms with van der Waals surface area (Å²) in [6.07, 6.45) is 0. The Labute approximate surface area is 167 Å². The molecule has 0 N–H and O–H groups in total. The van der Waals surface area contributed by atoms with E-state index in [1.165, 1.54) is 28.3 Å². The van der Waals surface area contributed by atoms with E-state index in [1.807, 2.05) is 0 Å². The van der Waals surface area contributed by atoms with Gasteiger partial charge in [-0.2, -0.15) is 0 Å². The van der Waals surface area contributed by atoms with Crippen LogP contribution >= 0.6 is 0 Å². The molecule has 2 heterocycles. The van der Waals surface area contributed by atoms with Crippen molar-refractivity contribution in [1.29, 1.82) is 0 Å². The predicted octanol–water partition coefficient (Wildman–Crippen LogP) is 2.70. The smallest absolute Gasteiger partial charge is 0.322 e. The molecule has 0 aromatic heterocycles. The number of ketones is 1. The maximum atomic E-state index is 12.7. The molecule has 0 saturated carbocycles. The third-order valence-electron chi connectivity index (χ3n) is 5.12. The molecule has 0 unspecified atom stereocenters. The number of esters is 1. The van der Waals surface area contributed by atoms with E-state index in [9.17, 15) is 9.59 Å². The summed E-state index contributed by atoms with van der Waals surface area (Å²) in [7, 11) is 4.52. The SMILES string of the molecule is COc1cc([C@H]2c3cc4c(cc3OC(=O)[C@@H]2C(C)=O)OCO4)cc(OC)c1OC. The summed E-state index contributed by atoms with van der Waals surface area (Å²) in [4.78, 5) is 25.1. The van der Waals surface area contributed by atoms with Gasteiger partial charge in [0.15, 0.2) is 23.0 Å². The normalized spacial score (nSPS) is 19.2. The van der Waals surface area contributed by atoms with Crippen LogP contribution in [-0.2, 0) is 9.59 Å². The number of Topliss-reactive ketones (excluding diaryl/α,β-unsaturated/α-hetero) is 1. The molecule has 0 aliphatic carbocycles. The van der Waals surface area contributed by atoms with Crippen LogP contribution in [0.15, 0.2) is 24.3 Å². The van der Waals surface area contributed by atoms with Gasteiger partial charge in [0.1, 0.15) is 17.5 Å². The van der Waals surface area contributed by atoms with Gasteiger partial charge >= 0.3 is 5.97 Å². The molecule has 0 saturated heterocycles. The van der Waals surface area contributed by atoms with Gasteiger partial charge < -0.3 is 28.4 Å². The van der Waals surface area contributed by atoms with Gasteiger partial charge in [0.2, 0.25) is 12.5 Å². The molecular weight excluding hydrogens is 380 g/mol. The molecule has 4 rings (SSSR count). The average molecular weight is 400 g/mol. The van der Waals surface area contributed by atoms with Crippen molar-refractivity contribution < 1.29 is 38.0 Å². The third-order valence-corrected chi connectivity index (χ3v) is 5.12. The fraction of sp³-hybridized carbons (Fsp3) is 0.333. The molecular formula is C21H20O8. The Balaban J connectivity index is 1.95. The fourth-order valence-corrected chi connectivity index (χ4v) is 3.81. The molecule has 2 aliphatic heterocycles. The summed E-state index contributed by atoms with van der Waals surface area (Å²) in [5.74, 6) is 0.0360. The molecule has 29 heavy (non-hydrogen) atoms. The second kappa shape index (κ2) is 7.20. The van der Waals surface area contributed by atoms with Crippen molar-refractivity contribution in [2.45, 2.75) is 12.8 Å². The van der Waals surface area contributed by atoms with E-state index in [0.717, 1.165) is 0 Å². The highest BCUT2D eigenvalue weighted by atomic mass is 16.7. The van der Waals surface area contributed by atoms with Crippen LogP contribution < -0.4 is 28.4 Å². The Bertz CT molecular complexity index is 971. The van der Waals surface area contributed by atoms with Crippen molar-refractivity contribution in [3.8, 4) is 34.5 Å². The third kappa shape index (κ3) is 3.00. The molecule has 2 aromatic carbocycles. The van der Waals surface area contributed by atoms with Crippen molar-refractivity contribution in [3.63, 3.8) is 0 Å². The molecule has 0 radical (unpaired) electrons. The minimum absolute atomic E-state index is 0.0805. The molecule has 2 aromatic rings. The minimum Gasteiger partial charge on any atom is -0.493 e. The van der Waals surface area contributed by atoms with E-state index in [2.05, 4.69) is 0 Å². The molecule has 0 fully saturated rings. The van der Waals surface area contributed by atoms with Crippen molar-refractivity contribution in [3.05, 3.63) is 35.4 Å². The Kier molecular flexibility index (Phi) is 4.70. The molecule has 2 atom stereocenters. The minimum atomic E-state index is -1.02. The van der Waals surface area contributed by atoms with Crippen molar-refractivity contribution >= 4 is 11.8 Å². The van der Waals surface area contributed by atoms with Gasteiger partial charge in [-0.25, -0.2) is 0 Å². The molecule has 8 heteroatoms. The van der Waals surface area contributed by atoms with Gasteiger partial charge in [0.05, 0.1) is 21.3 Å². The van der Waals surface area contributed by atoms with E-state index in [1.54, 1.807) is 24.3 Å². The second-order valence-corrected chi connectivity index (χ2v) is 6.69. The number of fused-ring (bicyclic) bond motifs is 2. The lowest BCUT2D eigenvalue weighted by molar-refractivity contribution is -0.145. The lowest BCUT2D eigenvalue weighted by Gasteiger charge is -2.31. The number of hydrogen-bond donors (Lipinski definition) is 0. The first-order valence-electron chi connectivity index (χ1n) is 8.94. The van der Waals surface area contributed by atoms with Gasteiger partial charge in [0, 0.05) is 17.5 Å². The molecule has 8 nitrogen and oxygen atoms in total. The van der Waals surface area contributed by atoms with Crippen LogP contribution in [0, 0.1) is 5.92 Å². The molecule has 0 bridgehead atoms. The molecule has 152 valence electrons. The fourth-order valence-electron chi connectivity index (χ4n) is 3.81. The number of rotatable bonds is 5. The first-order valence-corrected chi connectivity index (χ1v) is 8.94. The van der Waals surface area contributed by atoms with Crippen molar-refractivity contribution in [1.82, 2.24) is 0 Å². The highest BCUT2D eigenvalue weighted by molar-refractivity contribution is 6.01. The Hall–Kier alpha value is -3.42. The first-order chi connectivity index (χ1) is 14.0. The summed E-state index contributed by atoms with van der Waals surface area (Å²) >= 11 is 0. The van der Waals surface area contributed by atoms with Crippen molar-refractivity contribution in [2.24, 2.45) is 5.92 Å². The summed E-state index contributed by atoms with van der Waals surface area (Å²) in [5, 5.41) is 0. The van der Waals surface area contributed by atoms with Gasteiger partial charge in [-0.1, -0.05) is 0 Å². The van der Waals surface area contributed by atoms with Crippen LogP contribution in [0.1, 0.15) is 24.0 Å². The highest BCUT2D eigenvalue weighted by Gasteiger charge is 2.43. The number of benzene rings is 2. The molecule has 0 spiro atoms. The lowest BCUT2D eigenvalue weighted by Crippen LogP contribution is -2.36. The van der Waals surface area contributed by atoms with Gasteiger partial charge in [-0.05, 0) is 30.7 Å². The highest BCUT2D eigenvalue weighted by Crippen LogP contribution is 2.50. The number of hydrogen-bond acceptors (Lipinski definition) is 8. The maximum Gasteiger partial charge on any atom is 0.322 e. The van der Waals surface area contributed by atoms with Crippen LogP contribution in [0.5, 0.6) is 34.5 Å². The van der Waals surface area contributed by atoms with E-state index in [0.29, 0.717) is 45.6 Å². The van der Waals surface area contributed by atoms with E-state index < -0.39 is 17.8 Å². The summed E-state index contributed by atoms with van der Waals surface area (Å²) in [6.45, 7) is 1.45. The average Bonchev–Trinajstić information content (AvgIpc) is 3.17. The number of ether oxygens (including phenoxy) is 6. The lowest BCUT2D eigenvalue weighted by atomic mass is 9.76. The number of methoxy groups -OCH3 is 3. The van der Waals surface area contributed by atoms with Crippen LogP contribution in [0.3, 0.4) is 0 Å². The zero-order valence-corrected chi connectivity index (χ0v) is 16.4. The zero-order valence-electron chi connectivity index (χ0n) is 16.4. The van der Waals surface area contributed by atoms with Gasteiger partial charge in [0.25, 0.3) is 0 Å². The predicted molar refractivity (Wildman–Crippen MR) is 100 cm³/mol. The Morgan fingerprint density at radius 1 is 0.931 bits per heavy atom. The second-order valence-electron chi connectivity index (χ2n) is 6.69. The van der Waals surface area contributed by atoms with E-state index >= 15 is 0 Å². The van der Waals surface area contributed by atoms with E-state index in [-0.39, 0.29) is 12.6 Å². The first kappa shape index (κ1) is 18.9. The Morgan fingerprint density at radius 3 is 2.10 bits per heavy atom. The van der Waals surface area contributed by atoms with Crippen molar-refractivity contribution in [2.75, 3.05) is 28.1 Å². The molecule has 2 aliphatic rings. The van der Waals surface area contributed by atoms with E-state index in [4.69, 9.17) is 28.4 Å². The standard InChI is InChI=1S/C21H20O8/c1-10(22)18-19(11-5-16(24-2)20(26-4)17(6-11)25-3)12-7-14-15(28-9-27-14)8-13(12)29-21(18)23/h5-8,18-19H,9H2,1-4H3/t18-,19+/m1/s1. The monoisotopic (exact) mass is 400 g/mol. The molecule has 0 amide bonds. The summed E-state index contributed by atoms with van der Waals surface area (Å²) < 4.78 is 32.6. The topological polar surface area (TPSA) is 89.5 Å². The Morgan fingerprint density at radius 2 is 1.55 bits per heavy atom. The maximum absolute atomic E-state index is 12.7. The van der Waals surface area contributed by atoms with Crippen LogP contribution in [0.4, 0.5) is 0 Å². The van der Waals surface area contributed by atoms with Crippen LogP contribution in [0.2, 0.25) is 0 Å². The summed E-state index contributed by atoms with van der Waals surface area (Å²) in [6, 6.07) is 6.81. The number of carbonyl (C=O) groups excluding carboxylic acids is 2. The zero-order chi connectivity index (χ0) is 20.7. The van der Waals surface area contributed by atoms with Gasteiger partial charge in [-0.3, -0.25) is 9.59 Å². The van der Waals surface area contributed by atoms with Crippen LogP contribution in [0.25, 0.3) is 0 Å². The van der Waals surface area contributed by atoms with Crippen LogP contribution in [-0.4, -0.2) is 39.9 Å².